The van der Waals surface area contributed by atoms with Crippen molar-refractivity contribution >= 4 is 0 Å². The van der Waals surface area contributed by atoms with Crippen molar-refractivity contribution in [2.45, 2.75) is 45.4 Å². The molecule has 0 bridgehead atoms. The van der Waals surface area contributed by atoms with Gasteiger partial charge in [0.25, 0.3) is 0 Å². The van der Waals surface area contributed by atoms with Gasteiger partial charge in [0.15, 0.2) is 0 Å². The van der Waals surface area contributed by atoms with Crippen LogP contribution in [0.2, 0.25) is 0 Å². The lowest BCUT2D eigenvalue weighted by Crippen LogP contribution is -2.44. The van der Waals surface area contributed by atoms with Gasteiger partial charge in [-0.05, 0) is 49.3 Å². The minimum atomic E-state index is 0.528. The first-order valence-electron chi connectivity index (χ1n) is 8.14. The number of methoxy groups -OCH3 is 1. The lowest BCUT2D eigenvalue weighted by Gasteiger charge is -2.44. The summed E-state index contributed by atoms with van der Waals surface area (Å²) in [6.45, 7) is 7.19. The molecular weight excluding hydrogens is 262 g/mol. The summed E-state index contributed by atoms with van der Waals surface area (Å²) in [5, 5.41) is 0. The maximum absolute atomic E-state index is 5.73. The highest BCUT2D eigenvalue weighted by molar-refractivity contribution is 5.23. The van der Waals surface area contributed by atoms with Crippen LogP contribution in [0, 0.1) is 5.41 Å². The average molecular weight is 289 g/mol. The van der Waals surface area contributed by atoms with E-state index in [2.05, 4.69) is 36.1 Å². The molecule has 0 atom stereocenters. The van der Waals surface area contributed by atoms with E-state index < -0.39 is 0 Å². The molecule has 1 saturated heterocycles. The minimum Gasteiger partial charge on any atom is -0.380 e. The van der Waals surface area contributed by atoms with E-state index in [-0.39, 0.29) is 0 Å². The van der Waals surface area contributed by atoms with Crippen molar-refractivity contribution in [3.05, 3.63) is 35.4 Å². The number of rotatable bonds is 6. The molecule has 0 unspecified atom stereocenters. The molecule has 1 aliphatic carbocycles. The molecule has 3 rings (SSSR count). The zero-order chi connectivity index (χ0) is 14.7. The molecule has 1 aliphatic heterocycles. The van der Waals surface area contributed by atoms with Crippen LogP contribution in [0.1, 0.15) is 37.3 Å². The van der Waals surface area contributed by atoms with Crippen molar-refractivity contribution in [3.63, 3.8) is 0 Å². The summed E-state index contributed by atoms with van der Waals surface area (Å²) >= 11 is 0. The van der Waals surface area contributed by atoms with Crippen molar-refractivity contribution in [2.75, 3.05) is 26.8 Å². The fourth-order valence-corrected chi connectivity index (χ4v) is 4.00. The Labute approximate surface area is 128 Å². The van der Waals surface area contributed by atoms with Crippen LogP contribution < -0.4 is 0 Å². The minimum absolute atomic E-state index is 0.528. The maximum Gasteiger partial charge on any atom is 0.0713 e. The van der Waals surface area contributed by atoms with Crippen LogP contribution in [-0.2, 0) is 22.6 Å². The lowest BCUT2D eigenvalue weighted by molar-refractivity contribution is -0.0718. The summed E-state index contributed by atoms with van der Waals surface area (Å²) < 4.78 is 10.9. The largest absolute Gasteiger partial charge is 0.380 e. The van der Waals surface area contributed by atoms with E-state index in [1.807, 2.05) is 0 Å². The predicted molar refractivity (Wildman–Crippen MR) is 84.1 cm³/mol. The molecule has 1 aromatic rings. The van der Waals surface area contributed by atoms with Gasteiger partial charge < -0.3 is 9.47 Å². The molecule has 0 amide bonds. The van der Waals surface area contributed by atoms with E-state index in [9.17, 15) is 0 Å². The molecule has 0 aromatic heterocycles. The fourth-order valence-electron chi connectivity index (χ4n) is 4.00. The van der Waals surface area contributed by atoms with Gasteiger partial charge in [-0.3, -0.25) is 4.90 Å². The Kier molecular flexibility index (Phi) is 4.63. The molecule has 21 heavy (non-hydrogen) atoms. The van der Waals surface area contributed by atoms with E-state index in [4.69, 9.17) is 9.47 Å². The van der Waals surface area contributed by atoms with Crippen LogP contribution in [0.25, 0.3) is 0 Å². The Hall–Kier alpha value is -0.900. The van der Waals surface area contributed by atoms with Crippen molar-refractivity contribution in [1.29, 1.82) is 0 Å². The first kappa shape index (κ1) is 15.0. The third-order valence-corrected chi connectivity index (χ3v) is 4.95. The summed E-state index contributed by atoms with van der Waals surface area (Å²) in [4.78, 5) is 2.61. The highest BCUT2D eigenvalue weighted by Gasteiger charge is 2.48. The first-order valence-corrected chi connectivity index (χ1v) is 8.14. The van der Waals surface area contributed by atoms with E-state index >= 15 is 0 Å². The quantitative estimate of drug-likeness (QED) is 0.802. The van der Waals surface area contributed by atoms with Crippen molar-refractivity contribution in [1.82, 2.24) is 4.90 Å². The first-order chi connectivity index (χ1) is 10.2. The monoisotopic (exact) mass is 289 g/mol. The number of benzene rings is 1. The number of hydrogen-bond acceptors (Lipinski definition) is 3. The second kappa shape index (κ2) is 6.47. The molecule has 1 aromatic carbocycles. The van der Waals surface area contributed by atoms with Gasteiger partial charge >= 0.3 is 0 Å². The maximum atomic E-state index is 5.73. The van der Waals surface area contributed by atoms with Gasteiger partial charge in [-0.15, -0.1) is 0 Å². The van der Waals surface area contributed by atoms with Gasteiger partial charge in [0.2, 0.25) is 0 Å². The Morgan fingerprint density at radius 3 is 2.86 bits per heavy atom. The number of nitrogens with zero attached hydrogens (tertiary/aromatic N) is 1. The van der Waals surface area contributed by atoms with E-state index in [1.54, 1.807) is 7.11 Å². The lowest BCUT2D eigenvalue weighted by atomic mass is 9.66. The van der Waals surface area contributed by atoms with E-state index in [0.29, 0.717) is 18.1 Å². The van der Waals surface area contributed by atoms with E-state index in [0.717, 1.165) is 13.2 Å². The molecule has 0 N–H and O–H groups in total. The van der Waals surface area contributed by atoms with Crippen LogP contribution in [0.4, 0.5) is 0 Å². The topological polar surface area (TPSA) is 21.7 Å². The van der Waals surface area contributed by atoms with Crippen LogP contribution in [0.5, 0.6) is 0 Å². The molecule has 3 nitrogen and oxygen atoms in total. The molecule has 3 heteroatoms. The Morgan fingerprint density at radius 2 is 2.10 bits per heavy atom. The highest BCUT2D eigenvalue weighted by atomic mass is 16.5. The predicted octanol–water partition coefficient (Wildman–Crippen LogP) is 3.22. The summed E-state index contributed by atoms with van der Waals surface area (Å²) in [5.41, 5.74) is 3.23. The normalized spacial score (nSPS) is 29.0. The molecule has 1 spiro atoms. The molecule has 1 heterocycles. The summed E-state index contributed by atoms with van der Waals surface area (Å²) in [6, 6.07) is 8.78. The standard InChI is InChI=1S/C18H27NO2/c1-3-21-17-10-18(11-17)7-8-19(14-18)12-15-5-4-6-16(9-15)13-20-2/h4-6,9,17H,3,7-8,10-14H2,1-2H3. The van der Waals surface area contributed by atoms with Gasteiger partial charge in [-0.2, -0.15) is 0 Å². The second-order valence-corrected chi connectivity index (χ2v) is 6.70. The third kappa shape index (κ3) is 3.47. The molecule has 0 radical (unpaired) electrons. The summed E-state index contributed by atoms with van der Waals surface area (Å²) in [5.74, 6) is 0. The zero-order valence-corrected chi connectivity index (χ0v) is 13.3. The van der Waals surface area contributed by atoms with Crippen LogP contribution >= 0.6 is 0 Å². The molecule has 1 saturated carbocycles. The van der Waals surface area contributed by atoms with Gasteiger partial charge in [-0.1, -0.05) is 24.3 Å². The Morgan fingerprint density at radius 1 is 1.29 bits per heavy atom. The average Bonchev–Trinajstić information content (AvgIpc) is 2.83. The smallest absolute Gasteiger partial charge is 0.0713 e. The molecular formula is C18H27NO2. The summed E-state index contributed by atoms with van der Waals surface area (Å²) in [7, 11) is 1.75. The molecule has 116 valence electrons. The highest BCUT2D eigenvalue weighted by Crippen LogP contribution is 2.49. The Bertz CT molecular complexity index is 468. The van der Waals surface area contributed by atoms with Crippen LogP contribution in [0.3, 0.4) is 0 Å². The van der Waals surface area contributed by atoms with Crippen LogP contribution in [0.15, 0.2) is 24.3 Å². The van der Waals surface area contributed by atoms with Crippen molar-refractivity contribution in [2.24, 2.45) is 5.41 Å². The molecule has 2 fully saturated rings. The number of ether oxygens (including phenoxy) is 2. The number of likely N-dealkylation sites (tertiary alicyclic amines) is 1. The Balaban J connectivity index is 1.52. The third-order valence-electron chi connectivity index (χ3n) is 4.95. The number of hydrogen-bond donors (Lipinski definition) is 0. The SMILES string of the molecule is CCOC1CC2(CCN(Cc3cccc(COC)c3)C2)C1. The fraction of sp³-hybridized carbons (Fsp3) is 0.667. The second-order valence-electron chi connectivity index (χ2n) is 6.70. The van der Waals surface area contributed by atoms with Gasteiger partial charge in [0.05, 0.1) is 12.7 Å². The van der Waals surface area contributed by atoms with Crippen molar-refractivity contribution < 1.29 is 9.47 Å². The zero-order valence-electron chi connectivity index (χ0n) is 13.3. The molecule has 2 aliphatic rings. The van der Waals surface area contributed by atoms with Crippen LogP contribution in [-0.4, -0.2) is 37.8 Å². The van der Waals surface area contributed by atoms with E-state index in [1.165, 1.54) is 43.5 Å². The van der Waals surface area contributed by atoms with Gasteiger partial charge in [0.1, 0.15) is 0 Å². The summed E-state index contributed by atoms with van der Waals surface area (Å²) in [6.07, 6.45) is 4.40. The van der Waals surface area contributed by atoms with Gasteiger partial charge in [0, 0.05) is 26.8 Å². The van der Waals surface area contributed by atoms with Crippen molar-refractivity contribution in [3.8, 4) is 0 Å². The van der Waals surface area contributed by atoms with Gasteiger partial charge in [-0.25, -0.2) is 0 Å².